The van der Waals surface area contributed by atoms with E-state index in [1.165, 1.54) is 12.1 Å². The molecule has 3 rings (SSSR count). The van der Waals surface area contributed by atoms with Crippen LogP contribution in [0.5, 0.6) is 0 Å². The van der Waals surface area contributed by atoms with E-state index in [1.807, 2.05) is 10.8 Å². The summed E-state index contributed by atoms with van der Waals surface area (Å²) in [6.07, 6.45) is 4.28. The molecule has 0 radical (unpaired) electrons. The maximum Gasteiger partial charge on any atom is 0.203 e. The minimum absolute atomic E-state index is 0.0565. The topological polar surface area (TPSA) is 29.9 Å². The highest BCUT2D eigenvalue weighted by Gasteiger charge is 2.21. The van der Waals surface area contributed by atoms with Crippen molar-refractivity contribution in [2.45, 2.75) is 12.5 Å². The molecular formula is C12H11F2N3. The quantitative estimate of drug-likeness (QED) is 0.823. The van der Waals surface area contributed by atoms with Crippen LogP contribution in [0.2, 0.25) is 0 Å². The van der Waals surface area contributed by atoms with Crippen LogP contribution >= 0.6 is 0 Å². The number of aromatic nitrogens is 2. The Labute approximate surface area is 97.1 Å². The van der Waals surface area contributed by atoms with Crippen LogP contribution in [0.25, 0.3) is 0 Å². The predicted octanol–water partition coefficient (Wildman–Crippen LogP) is 2.57. The van der Waals surface area contributed by atoms with Gasteiger partial charge in [0.05, 0.1) is 6.04 Å². The molecule has 0 saturated carbocycles. The summed E-state index contributed by atoms with van der Waals surface area (Å²) in [6.45, 7) is 0.750. The van der Waals surface area contributed by atoms with E-state index in [-0.39, 0.29) is 6.04 Å². The van der Waals surface area contributed by atoms with Gasteiger partial charge in [-0.05, 0) is 24.1 Å². The van der Waals surface area contributed by atoms with Crippen molar-refractivity contribution in [3.05, 3.63) is 47.8 Å². The van der Waals surface area contributed by atoms with Gasteiger partial charge in [-0.2, -0.15) is 0 Å². The van der Waals surface area contributed by atoms with Crippen LogP contribution in [0.3, 0.4) is 0 Å². The van der Waals surface area contributed by atoms with Crippen LogP contribution in [0.15, 0.2) is 30.6 Å². The molecule has 0 spiro atoms. The van der Waals surface area contributed by atoms with Gasteiger partial charge in [0.2, 0.25) is 5.95 Å². The highest BCUT2D eigenvalue weighted by atomic mass is 19.1. The van der Waals surface area contributed by atoms with Gasteiger partial charge in [-0.15, -0.1) is 0 Å². The number of benzene rings is 1. The first kappa shape index (κ1) is 10.3. The zero-order valence-electron chi connectivity index (χ0n) is 9.03. The summed E-state index contributed by atoms with van der Waals surface area (Å²) < 4.78 is 28.3. The van der Waals surface area contributed by atoms with Crippen LogP contribution in [0, 0.1) is 11.6 Å². The maximum absolute atomic E-state index is 13.2. The molecule has 2 heterocycles. The van der Waals surface area contributed by atoms with Crippen molar-refractivity contribution in [2.75, 3.05) is 11.9 Å². The lowest BCUT2D eigenvalue weighted by Gasteiger charge is -2.26. The summed E-state index contributed by atoms with van der Waals surface area (Å²) in [5.74, 6) is -0.341. The Morgan fingerprint density at radius 1 is 1.24 bits per heavy atom. The lowest BCUT2D eigenvalue weighted by Crippen LogP contribution is -2.23. The smallest absolute Gasteiger partial charge is 0.203 e. The van der Waals surface area contributed by atoms with Crippen LogP contribution in [0.1, 0.15) is 18.0 Å². The second-order valence-electron chi connectivity index (χ2n) is 4.09. The van der Waals surface area contributed by atoms with Crippen LogP contribution < -0.4 is 5.32 Å². The number of rotatable bonds is 1. The van der Waals surface area contributed by atoms with E-state index in [2.05, 4.69) is 10.3 Å². The Morgan fingerprint density at radius 2 is 2.00 bits per heavy atom. The third kappa shape index (κ3) is 1.77. The molecule has 1 aliphatic rings. The molecule has 88 valence electrons. The van der Waals surface area contributed by atoms with Crippen molar-refractivity contribution in [1.82, 2.24) is 9.55 Å². The van der Waals surface area contributed by atoms with Gasteiger partial charge in [0.1, 0.15) is 11.6 Å². The molecule has 3 nitrogen and oxygen atoms in total. The Morgan fingerprint density at radius 3 is 2.76 bits per heavy atom. The lowest BCUT2D eigenvalue weighted by atomic mass is 10.0. The molecule has 2 aromatic rings. The van der Waals surface area contributed by atoms with Gasteiger partial charge < -0.3 is 9.88 Å². The van der Waals surface area contributed by atoms with Gasteiger partial charge in [-0.1, -0.05) is 0 Å². The first-order valence-electron chi connectivity index (χ1n) is 5.47. The van der Waals surface area contributed by atoms with Gasteiger partial charge in [0.25, 0.3) is 0 Å². The molecule has 1 atom stereocenters. The zero-order valence-corrected chi connectivity index (χ0v) is 9.03. The Balaban J connectivity index is 2.06. The van der Waals surface area contributed by atoms with E-state index >= 15 is 0 Å². The molecule has 0 aliphatic carbocycles. The van der Waals surface area contributed by atoms with Crippen molar-refractivity contribution < 1.29 is 8.78 Å². The van der Waals surface area contributed by atoms with E-state index in [0.29, 0.717) is 5.56 Å². The van der Waals surface area contributed by atoms with E-state index in [1.54, 1.807) is 6.20 Å². The van der Waals surface area contributed by atoms with Gasteiger partial charge in [-0.25, -0.2) is 13.8 Å². The average molecular weight is 235 g/mol. The van der Waals surface area contributed by atoms with Crippen molar-refractivity contribution in [1.29, 1.82) is 0 Å². The summed E-state index contributed by atoms with van der Waals surface area (Å²) in [5, 5.41) is 3.14. The van der Waals surface area contributed by atoms with E-state index in [0.717, 1.165) is 25.0 Å². The minimum atomic E-state index is -0.541. The first-order chi connectivity index (χ1) is 8.24. The molecule has 0 saturated heterocycles. The van der Waals surface area contributed by atoms with Gasteiger partial charge in [0, 0.05) is 25.0 Å². The van der Waals surface area contributed by atoms with Crippen molar-refractivity contribution in [3.8, 4) is 0 Å². The molecule has 1 unspecified atom stereocenters. The summed E-state index contributed by atoms with van der Waals surface area (Å²) >= 11 is 0. The number of nitrogens with one attached hydrogen (secondary N) is 1. The SMILES string of the molecule is Fc1cc(F)cc(C2CCNc3nccn32)c1. The fourth-order valence-electron chi connectivity index (χ4n) is 2.26. The number of fused-ring (bicyclic) bond motifs is 1. The average Bonchev–Trinajstić information content (AvgIpc) is 2.75. The number of anilines is 1. The Hall–Kier alpha value is -1.91. The largest absolute Gasteiger partial charge is 0.356 e. The molecule has 5 heteroatoms. The number of imidazole rings is 1. The third-order valence-corrected chi connectivity index (χ3v) is 2.97. The third-order valence-electron chi connectivity index (χ3n) is 2.97. The van der Waals surface area contributed by atoms with Crippen molar-refractivity contribution in [3.63, 3.8) is 0 Å². The summed E-state index contributed by atoms with van der Waals surface area (Å²) in [4.78, 5) is 4.14. The Bertz CT molecular complexity index is 530. The molecule has 17 heavy (non-hydrogen) atoms. The van der Waals surface area contributed by atoms with E-state index < -0.39 is 11.6 Å². The molecule has 1 aliphatic heterocycles. The van der Waals surface area contributed by atoms with Gasteiger partial charge in [0.15, 0.2) is 0 Å². The van der Waals surface area contributed by atoms with Crippen LogP contribution in [-0.2, 0) is 0 Å². The summed E-state index contributed by atoms with van der Waals surface area (Å²) in [5.41, 5.74) is 0.642. The molecule has 0 amide bonds. The van der Waals surface area contributed by atoms with Crippen molar-refractivity contribution >= 4 is 5.95 Å². The monoisotopic (exact) mass is 235 g/mol. The molecule has 1 aromatic heterocycles. The zero-order chi connectivity index (χ0) is 11.8. The number of halogens is 2. The lowest BCUT2D eigenvalue weighted by molar-refractivity contribution is 0.515. The maximum atomic E-state index is 13.2. The molecule has 1 aromatic carbocycles. The highest BCUT2D eigenvalue weighted by molar-refractivity contribution is 5.34. The summed E-state index contributed by atoms with van der Waals surface area (Å²) in [6, 6.07) is 3.59. The number of hydrogen-bond donors (Lipinski definition) is 1. The van der Waals surface area contributed by atoms with E-state index in [9.17, 15) is 8.78 Å². The Kier molecular flexibility index (Phi) is 2.31. The minimum Gasteiger partial charge on any atom is -0.356 e. The number of nitrogens with zero attached hydrogens (tertiary/aromatic N) is 2. The fraction of sp³-hybridized carbons (Fsp3) is 0.250. The second kappa shape index (κ2) is 3.84. The first-order valence-corrected chi connectivity index (χ1v) is 5.47. The molecule has 0 fully saturated rings. The van der Waals surface area contributed by atoms with E-state index in [4.69, 9.17) is 0 Å². The molecular weight excluding hydrogens is 224 g/mol. The van der Waals surface area contributed by atoms with Crippen LogP contribution in [0.4, 0.5) is 14.7 Å². The van der Waals surface area contributed by atoms with Crippen LogP contribution in [-0.4, -0.2) is 16.1 Å². The standard InChI is InChI=1S/C12H11F2N3/c13-9-5-8(6-10(14)7-9)11-1-2-15-12-16-3-4-17(11)12/h3-7,11H,1-2H2,(H,15,16). The summed E-state index contributed by atoms with van der Waals surface area (Å²) in [7, 11) is 0. The number of hydrogen-bond acceptors (Lipinski definition) is 2. The normalized spacial score (nSPS) is 18.6. The second-order valence-corrected chi connectivity index (χ2v) is 4.09. The fourth-order valence-corrected chi connectivity index (χ4v) is 2.26. The predicted molar refractivity (Wildman–Crippen MR) is 59.8 cm³/mol. The van der Waals surface area contributed by atoms with Gasteiger partial charge >= 0.3 is 0 Å². The molecule has 1 N–H and O–H groups in total. The highest BCUT2D eigenvalue weighted by Crippen LogP contribution is 2.29. The molecule has 0 bridgehead atoms. The van der Waals surface area contributed by atoms with Crippen molar-refractivity contribution in [2.24, 2.45) is 0 Å². The van der Waals surface area contributed by atoms with Gasteiger partial charge in [-0.3, -0.25) is 0 Å².